The summed E-state index contributed by atoms with van der Waals surface area (Å²) < 4.78 is 0. The molecule has 4 bridgehead atoms. The van der Waals surface area contributed by atoms with E-state index in [-0.39, 0.29) is 0 Å². The molecule has 5 saturated carbocycles. The third kappa shape index (κ3) is 1.85. The average Bonchev–Trinajstić information content (AvgIpc) is 2.29. The zero-order chi connectivity index (χ0) is 12.1. The van der Waals surface area contributed by atoms with Gasteiger partial charge in [-0.1, -0.05) is 0 Å². The van der Waals surface area contributed by atoms with E-state index in [2.05, 4.69) is 12.4 Å². The molecule has 0 atom stereocenters. The number of nitrogens with one attached hydrogen (secondary N) is 1. The minimum atomic E-state index is 1.07. The van der Waals surface area contributed by atoms with Crippen LogP contribution >= 0.6 is 0 Å². The normalized spacial score (nSPS) is 53.5. The molecule has 1 heteroatoms. The van der Waals surface area contributed by atoms with Crippen LogP contribution in [0.25, 0.3) is 0 Å². The molecular weight excluding hydrogens is 218 g/mol. The maximum absolute atomic E-state index is 3.31. The van der Waals surface area contributed by atoms with Gasteiger partial charge >= 0.3 is 0 Å². The monoisotopic (exact) mass is 247 g/mol. The molecular formula is C17H29N. The number of hydrogen-bond acceptors (Lipinski definition) is 1. The Kier molecular flexibility index (Phi) is 2.94. The van der Waals surface area contributed by atoms with Crippen LogP contribution in [0.4, 0.5) is 0 Å². The van der Waals surface area contributed by atoms with Gasteiger partial charge in [-0.05, 0) is 106 Å². The average molecular weight is 247 g/mol. The van der Waals surface area contributed by atoms with Gasteiger partial charge in [-0.15, -0.1) is 0 Å². The highest BCUT2D eigenvalue weighted by atomic mass is 14.8. The predicted octanol–water partition coefficient (Wildman–Crippen LogP) is 3.69. The topological polar surface area (TPSA) is 12.0 Å². The Morgan fingerprint density at radius 1 is 0.778 bits per heavy atom. The van der Waals surface area contributed by atoms with Gasteiger partial charge in [0, 0.05) is 0 Å². The first-order valence-electron chi connectivity index (χ1n) is 8.48. The fraction of sp³-hybridized carbons (Fsp3) is 1.00. The molecule has 0 spiro atoms. The lowest BCUT2D eigenvalue weighted by Gasteiger charge is -2.59. The number of hydrogen-bond donors (Lipinski definition) is 1. The van der Waals surface area contributed by atoms with Crippen molar-refractivity contribution in [3.63, 3.8) is 0 Å². The van der Waals surface area contributed by atoms with Crippen LogP contribution < -0.4 is 5.32 Å². The van der Waals surface area contributed by atoms with Crippen LogP contribution in [0.3, 0.4) is 0 Å². The van der Waals surface area contributed by atoms with E-state index in [9.17, 15) is 0 Å². The van der Waals surface area contributed by atoms with E-state index in [0.717, 1.165) is 35.5 Å². The van der Waals surface area contributed by atoms with Crippen molar-refractivity contribution in [2.75, 3.05) is 13.6 Å². The van der Waals surface area contributed by atoms with Crippen molar-refractivity contribution in [3.8, 4) is 0 Å². The van der Waals surface area contributed by atoms with Crippen molar-refractivity contribution < 1.29 is 0 Å². The summed E-state index contributed by atoms with van der Waals surface area (Å²) in [6.07, 6.45) is 12.7. The van der Waals surface area contributed by atoms with Crippen LogP contribution in [0.15, 0.2) is 0 Å². The van der Waals surface area contributed by atoms with Gasteiger partial charge < -0.3 is 5.32 Å². The lowest BCUT2D eigenvalue weighted by atomic mass is 9.47. The van der Waals surface area contributed by atoms with Crippen LogP contribution in [-0.2, 0) is 0 Å². The van der Waals surface area contributed by atoms with Crippen molar-refractivity contribution in [1.29, 1.82) is 0 Å². The van der Waals surface area contributed by atoms with E-state index in [1.165, 1.54) is 18.9 Å². The maximum Gasteiger partial charge on any atom is -0.00493 e. The van der Waals surface area contributed by atoms with Crippen LogP contribution in [0.1, 0.15) is 51.4 Å². The molecule has 5 aliphatic carbocycles. The highest BCUT2D eigenvalue weighted by molar-refractivity contribution is 5.02. The van der Waals surface area contributed by atoms with E-state index in [0.29, 0.717) is 0 Å². The summed E-state index contributed by atoms with van der Waals surface area (Å²) in [5.41, 5.74) is 0. The second-order valence-electron chi connectivity index (χ2n) is 8.00. The van der Waals surface area contributed by atoms with Crippen LogP contribution in [0, 0.1) is 41.4 Å². The summed E-state index contributed by atoms with van der Waals surface area (Å²) in [5, 5.41) is 3.31. The second kappa shape index (κ2) is 4.51. The van der Waals surface area contributed by atoms with Gasteiger partial charge in [0.1, 0.15) is 0 Å². The van der Waals surface area contributed by atoms with Gasteiger partial charge in [0.25, 0.3) is 0 Å². The molecule has 5 aliphatic rings. The van der Waals surface area contributed by atoms with Crippen LogP contribution in [0.5, 0.6) is 0 Å². The van der Waals surface area contributed by atoms with Crippen molar-refractivity contribution in [2.45, 2.75) is 51.4 Å². The molecule has 0 amide bonds. The Hall–Kier alpha value is -0.0400. The summed E-state index contributed by atoms with van der Waals surface area (Å²) in [6.45, 7) is 1.24. The molecule has 5 fully saturated rings. The van der Waals surface area contributed by atoms with E-state index in [1.54, 1.807) is 44.9 Å². The molecule has 0 aromatic carbocycles. The zero-order valence-corrected chi connectivity index (χ0v) is 11.9. The first kappa shape index (κ1) is 11.8. The Labute approximate surface area is 112 Å². The minimum absolute atomic E-state index is 1.07. The molecule has 1 N–H and O–H groups in total. The molecule has 0 radical (unpaired) electrons. The summed E-state index contributed by atoms with van der Waals surface area (Å²) in [6, 6.07) is 0. The van der Waals surface area contributed by atoms with Crippen LogP contribution in [-0.4, -0.2) is 13.6 Å². The molecule has 0 aliphatic heterocycles. The molecule has 0 aromatic rings. The molecule has 0 heterocycles. The van der Waals surface area contributed by atoms with E-state index < -0.39 is 0 Å². The van der Waals surface area contributed by atoms with E-state index in [1.807, 2.05) is 0 Å². The Balaban J connectivity index is 1.36. The van der Waals surface area contributed by atoms with Gasteiger partial charge in [0.05, 0.1) is 0 Å². The summed E-state index contributed by atoms with van der Waals surface area (Å²) >= 11 is 0. The standard InChI is InChI=1S/C17H29N/c1-18-3-2-11-5-14(6-11)17-15-7-12-4-13(9-15)10-16(17)8-12/h11-18H,2-10H2,1H3. The molecule has 102 valence electrons. The van der Waals surface area contributed by atoms with Crippen molar-refractivity contribution in [1.82, 2.24) is 5.32 Å². The summed E-state index contributed by atoms with van der Waals surface area (Å²) in [7, 11) is 2.09. The van der Waals surface area contributed by atoms with Crippen LogP contribution in [0.2, 0.25) is 0 Å². The first-order valence-corrected chi connectivity index (χ1v) is 8.48. The second-order valence-corrected chi connectivity index (χ2v) is 8.00. The fourth-order valence-corrected chi connectivity index (χ4v) is 6.42. The van der Waals surface area contributed by atoms with Gasteiger partial charge in [0.15, 0.2) is 0 Å². The fourth-order valence-electron chi connectivity index (χ4n) is 6.42. The van der Waals surface area contributed by atoms with Crippen molar-refractivity contribution >= 4 is 0 Å². The predicted molar refractivity (Wildman–Crippen MR) is 75.3 cm³/mol. The summed E-state index contributed by atoms with van der Waals surface area (Å²) in [4.78, 5) is 0. The van der Waals surface area contributed by atoms with E-state index in [4.69, 9.17) is 0 Å². The largest absolute Gasteiger partial charge is 0.320 e. The van der Waals surface area contributed by atoms with Crippen molar-refractivity contribution in [3.05, 3.63) is 0 Å². The zero-order valence-electron chi connectivity index (χ0n) is 11.9. The lowest BCUT2D eigenvalue weighted by Crippen LogP contribution is -2.50. The van der Waals surface area contributed by atoms with Gasteiger partial charge in [-0.3, -0.25) is 0 Å². The third-order valence-corrected chi connectivity index (χ3v) is 6.92. The van der Waals surface area contributed by atoms with Gasteiger partial charge in [-0.25, -0.2) is 0 Å². The lowest BCUT2D eigenvalue weighted by molar-refractivity contribution is -0.0882. The SMILES string of the molecule is CNCCC1CC(C2C3CC4CC(C3)CC2C4)C1. The molecule has 5 rings (SSSR count). The highest BCUT2D eigenvalue weighted by Crippen LogP contribution is 2.61. The Morgan fingerprint density at radius 3 is 1.89 bits per heavy atom. The van der Waals surface area contributed by atoms with Gasteiger partial charge in [0.2, 0.25) is 0 Å². The van der Waals surface area contributed by atoms with Crippen molar-refractivity contribution in [2.24, 2.45) is 41.4 Å². The molecule has 18 heavy (non-hydrogen) atoms. The number of rotatable bonds is 4. The van der Waals surface area contributed by atoms with E-state index >= 15 is 0 Å². The molecule has 0 aromatic heterocycles. The third-order valence-electron chi connectivity index (χ3n) is 6.92. The maximum atomic E-state index is 3.31. The summed E-state index contributed by atoms with van der Waals surface area (Å²) in [5.74, 6) is 8.02. The Bertz CT molecular complexity index is 277. The highest BCUT2D eigenvalue weighted by Gasteiger charge is 2.52. The molecule has 0 saturated heterocycles. The first-order chi connectivity index (χ1) is 8.83. The Morgan fingerprint density at radius 2 is 1.33 bits per heavy atom. The minimum Gasteiger partial charge on any atom is -0.320 e. The molecule has 0 unspecified atom stereocenters. The molecule has 1 nitrogen and oxygen atoms in total. The quantitative estimate of drug-likeness (QED) is 0.799. The smallest absolute Gasteiger partial charge is 0.00493 e. The van der Waals surface area contributed by atoms with Gasteiger partial charge in [-0.2, -0.15) is 0 Å².